The Bertz CT molecular complexity index is 768. The van der Waals surface area contributed by atoms with Crippen LogP contribution in [0.3, 0.4) is 0 Å². The number of amides is 1. The van der Waals surface area contributed by atoms with Crippen molar-refractivity contribution in [3.05, 3.63) is 54.4 Å². The molecule has 6 nitrogen and oxygen atoms in total. The van der Waals surface area contributed by atoms with Crippen LogP contribution >= 0.6 is 0 Å². The van der Waals surface area contributed by atoms with E-state index in [2.05, 4.69) is 20.6 Å². The fourth-order valence-corrected chi connectivity index (χ4v) is 2.37. The average molecular weight is 307 g/mol. The highest BCUT2D eigenvalue weighted by Crippen LogP contribution is 2.32. The quantitative estimate of drug-likeness (QED) is 0.760. The number of hydrogen-bond donors (Lipinski definition) is 3. The summed E-state index contributed by atoms with van der Waals surface area (Å²) in [7, 11) is 0. The molecule has 0 fully saturated rings. The van der Waals surface area contributed by atoms with Crippen molar-refractivity contribution in [2.24, 2.45) is 10.7 Å². The topological polar surface area (TPSA) is 92.4 Å². The maximum absolute atomic E-state index is 11.7. The lowest BCUT2D eigenvalue weighted by Crippen LogP contribution is -2.10. The van der Waals surface area contributed by atoms with Gasteiger partial charge in [-0.1, -0.05) is 18.2 Å². The normalized spacial score (nSPS) is 14.8. The summed E-state index contributed by atoms with van der Waals surface area (Å²) in [5.74, 6) is 0.601. The van der Waals surface area contributed by atoms with Crippen LogP contribution in [-0.4, -0.2) is 23.7 Å². The molecular weight excluding hydrogens is 290 g/mol. The molecule has 1 aliphatic heterocycles. The first-order valence-corrected chi connectivity index (χ1v) is 7.32. The number of allylic oxidation sites excluding steroid dienone is 1. The van der Waals surface area contributed by atoms with E-state index in [1.807, 2.05) is 36.4 Å². The van der Waals surface area contributed by atoms with E-state index in [1.54, 1.807) is 12.4 Å². The van der Waals surface area contributed by atoms with Crippen LogP contribution < -0.4 is 16.4 Å². The first-order valence-electron chi connectivity index (χ1n) is 7.32. The third-order valence-electron chi connectivity index (χ3n) is 3.47. The largest absolute Gasteiger partial charge is 0.404 e. The molecule has 0 spiro atoms. The Morgan fingerprint density at radius 1 is 1.26 bits per heavy atom. The van der Waals surface area contributed by atoms with Gasteiger partial charge >= 0.3 is 0 Å². The van der Waals surface area contributed by atoms with E-state index >= 15 is 0 Å². The number of rotatable bonds is 3. The molecule has 3 rings (SSSR count). The van der Waals surface area contributed by atoms with Crippen LogP contribution in [0, 0.1) is 0 Å². The summed E-state index contributed by atoms with van der Waals surface area (Å²) in [6.45, 7) is 0.574. The van der Waals surface area contributed by atoms with Crippen molar-refractivity contribution in [1.82, 2.24) is 4.98 Å². The molecule has 116 valence electrons. The van der Waals surface area contributed by atoms with Gasteiger partial charge < -0.3 is 16.4 Å². The molecule has 0 radical (unpaired) electrons. The molecule has 0 atom stereocenters. The van der Waals surface area contributed by atoms with E-state index in [-0.39, 0.29) is 5.91 Å². The van der Waals surface area contributed by atoms with Crippen molar-refractivity contribution in [2.45, 2.75) is 6.42 Å². The van der Waals surface area contributed by atoms with Crippen molar-refractivity contribution in [3.8, 4) is 0 Å². The summed E-state index contributed by atoms with van der Waals surface area (Å²) in [4.78, 5) is 20.2. The highest BCUT2D eigenvalue weighted by atomic mass is 16.1. The van der Waals surface area contributed by atoms with Crippen LogP contribution in [-0.2, 0) is 4.79 Å². The molecule has 0 unspecified atom stereocenters. The molecule has 0 saturated carbocycles. The Hall–Kier alpha value is -3.15. The second kappa shape index (κ2) is 6.74. The number of benzene rings is 1. The molecule has 23 heavy (non-hydrogen) atoms. The SMILES string of the molecule is NC=C(C=Nc1ccccn1)c1cccc2c1NCCC(=O)N2. The lowest BCUT2D eigenvalue weighted by Gasteiger charge is -2.13. The van der Waals surface area contributed by atoms with E-state index in [0.29, 0.717) is 18.8 Å². The maximum Gasteiger partial charge on any atom is 0.226 e. The van der Waals surface area contributed by atoms with Gasteiger partial charge in [0.2, 0.25) is 5.91 Å². The van der Waals surface area contributed by atoms with Crippen LogP contribution in [0.15, 0.2) is 53.8 Å². The third-order valence-corrected chi connectivity index (χ3v) is 3.47. The van der Waals surface area contributed by atoms with E-state index in [0.717, 1.165) is 22.5 Å². The second-order valence-electron chi connectivity index (χ2n) is 5.02. The maximum atomic E-state index is 11.7. The number of para-hydroxylation sites is 1. The number of anilines is 2. The molecule has 0 saturated heterocycles. The smallest absolute Gasteiger partial charge is 0.226 e. The van der Waals surface area contributed by atoms with Gasteiger partial charge in [0.25, 0.3) is 0 Å². The highest BCUT2D eigenvalue weighted by molar-refractivity contribution is 6.14. The molecule has 1 amide bonds. The summed E-state index contributed by atoms with van der Waals surface area (Å²) in [5, 5.41) is 6.17. The first kappa shape index (κ1) is 14.8. The lowest BCUT2D eigenvalue weighted by molar-refractivity contribution is -0.115. The standard InChI is InChI=1S/C17H17N5O/c18-10-12(11-21-15-6-1-2-8-19-15)13-4-3-5-14-17(13)20-9-7-16(23)22-14/h1-6,8,10-11,20H,7,9,18H2,(H,22,23). The van der Waals surface area contributed by atoms with E-state index in [1.165, 1.54) is 6.20 Å². The molecule has 0 aliphatic carbocycles. The molecule has 2 heterocycles. The first-order chi connectivity index (χ1) is 11.3. The molecule has 4 N–H and O–H groups in total. The number of nitrogens with zero attached hydrogens (tertiary/aromatic N) is 2. The number of pyridine rings is 1. The second-order valence-corrected chi connectivity index (χ2v) is 5.02. The highest BCUT2D eigenvalue weighted by Gasteiger charge is 2.16. The number of hydrogen-bond acceptors (Lipinski definition) is 5. The van der Waals surface area contributed by atoms with E-state index < -0.39 is 0 Å². The molecule has 2 aromatic rings. The number of aromatic nitrogens is 1. The van der Waals surface area contributed by atoms with Gasteiger partial charge in [0.05, 0.1) is 11.4 Å². The summed E-state index contributed by atoms with van der Waals surface area (Å²) in [5.41, 5.74) is 9.00. The van der Waals surface area contributed by atoms with Crippen molar-refractivity contribution in [1.29, 1.82) is 0 Å². The minimum atomic E-state index is -0.00571. The number of nitrogens with one attached hydrogen (secondary N) is 2. The fourth-order valence-electron chi connectivity index (χ4n) is 2.37. The number of nitrogens with two attached hydrogens (primary N) is 1. The minimum absolute atomic E-state index is 0.00571. The molecule has 6 heteroatoms. The van der Waals surface area contributed by atoms with Gasteiger partial charge in [-0.15, -0.1) is 0 Å². The zero-order chi connectivity index (χ0) is 16.1. The van der Waals surface area contributed by atoms with Crippen LogP contribution in [0.5, 0.6) is 0 Å². The molecule has 0 bridgehead atoms. The minimum Gasteiger partial charge on any atom is -0.404 e. The third kappa shape index (κ3) is 3.37. The molecule has 1 aromatic carbocycles. The van der Waals surface area contributed by atoms with Gasteiger partial charge in [-0.25, -0.2) is 9.98 Å². The number of fused-ring (bicyclic) bond motifs is 1. The predicted molar refractivity (Wildman–Crippen MR) is 92.7 cm³/mol. The van der Waals surface area contributed by atoms with Crippen LogP contribution in [0.25, 0.3) is 5.57 Å². The number of aliphatic imine (C=N–C) groups is 1. The van der Waals surface area contributed by atoms with Gasteiger partial charge in [-0.2, -0.15) is 0 Å². The van der Waals surface area contributed by atoms with E-state index in [9.17, 15) is 4.79 Å². The van der Waals surface area contributed by atoms with Crippen molar-refractivity contribution >= 4 is 34.9 Å². The monoisotopic (exact) mass is 307 g/mol. The van der Waals surface area contributed by atoms with Crippen molar-refractivity contribution in [2.75, 3.05) is 17.2 Å². The van der Waals surface area contributed by atoms with Gasteiger partial charge in [-0.3, -0.25) is 4.79 Å². The van der Waals surface area contributed by atoms with Crippen LogP contribution in [0.2, 0.25) is 0 Å². The predicted octanol–water partition coefficient (Wildman–Crippen LogP) is 2.54. The summed E-state index contributed by atoms with van der Waals surface area (Å²) >= 11 is 0. The van der Waals surface area contributed by atoms with Crippen LogP contribution in [0.1, 0.15) is 12.0 Å². The fraction of sp³-hybridized carbons (Fsp3) is 0.118. The Morgan fingerprint density at radius 2 is 2.17 bits per heavy atom. The van der Waals surface area contributed by atoms with E-state index in [4.69, 9.17) is 5.73 Å². The Balaban J connectivity index is 1.95. The lowest BCUT2D eigenvalue weighted by atomic mass is 10.0. The Kier molecular flexibility index (Phi) is 4.33. The number of carbonyl (C=O) groups excluding carboxylic acids is 1. The zero-order valence-electron chi connectivity index (χ0n) is 12.5. The molecule has 1 aliphatic rings. The van der Waals surface area contributed by atoms with Gasteiger partial charge in [0.15, 0.2) is 5.82 Å². The van der Waals surface area contributed by atoms with Crippen molar-refractivity contribution in [3.63, 3.8) is 0 Å². The number of carbonyl (C=O) groups is 1. The summed E-state index contributed by atoms with van der Waals surface area (Å²) < 4.78 is 0. The van der Waals surface area contributed by atoms with Gasteiger partial charge in [0.1, 0.15) is 0 Å². The van der Waals surface area contributed by atoms with Gasteiger partial charge in [-0.05, 0) is 18.2 Å². The van der Waals surface area contributed by atoms with Gasteiger partial charge in [0, 0.05) is 42.7 Å². The summed E-state index contributed by atoms with van der Waals surface area (Å²) in [6, 6.07) is 11.2. The average Bonchev–Trinajstić information content (AvgIpc) is 2.77. The van der Waals surface area contributed by atoms with Crippen molar-refractivity contribution < 1.29 is 4.79 Å². The zero-order valence-corrected chi connectivity index (χ0v) is 12.5. The van der Waals surface area contributed by atoms with Crippen LogP contribution in [0.4, 0.5) is 17.2 Å². The Morgan fingerprint density at radius 3 is 2.96 bits per heavy atom. The Labute approximate surface area is 134 Å². The molecular formula is C17H17N5O. The molecule has 1 aromatic heterocycles. The summed E-state index contributed by atoms with van der Waals surface area (Å²) in [6.07, 6.45) is 5.28.